The van der Waals surface area contributed by atoms with Gasteiger partial charge in [-0.25, -0.2) is 0 Å². The van der Waals surface area contributed by atoms with Gasteiger partial charge >= 0.3 is 0 Å². The minimum atomic E-state index is 0.861. The van der Waals surface area contributed by atoms with Crippen molar-refractivity contribution >= 4 is 82.1 Å². The molecule has 11 aromatic rings. The Morgan fingerprint density at radius 3 is 1.94 bits per heavy atom. The molecule has 0 atom stereocenters. The summed E-state index contributed by atoms with van der Waals surface area (Å²) in [5, 5.41) is 11.8. The minimum Gasteiger partial charge on any atom is -0.456 e. The van der Waals surface area contributed by atoms with Gasteiger partial charge in [0.25, 0.3) is 0 Å². The fourth-order valence-corrected chi connectivity index (χ4v) is 8.21. The largest absolute Gasteiger partial charge is 0.456 e. The van der Waals surface area contributed by atoms with E-state index in [0.29, 0.717) is 0 Å². The van der Waals surface area contributed by atoms with E-state index in [1.165, 1.54) is 54.6 Å². The van der Waals surface area contributed by atoms with Crippen LogP contribution in [0.5, 0.6) is 0 Å². The van der Waals surface area contributed by atoms with Crippen molar-refractivity contribution in [3.05, 3.63) is 194 Å². The van der Waals surface area contributed by atoms with E-state index < -0.39 is 0 Å². The smallest absolute Gasteiger partial charge is 0.136 e. The Hall–Kier alpha value is -7.23. The van der Waals surface area contributed by atoms with E-state index in [1.54, 1.807) is 0 Å². The highest BCUT2D eigenvalue weighted by Gasteiger charge is 2.18. The lowest BCUT2D eigenvalue weighted by atomic mass is 9.93. The molecule has 0 N–H and O–H groups in total. The molecule has 0 saturated heterocycles. The predicted molar refractivity (Wildman–Crippen MR) is 227 cm³/mol. The summed E-state index contributed by atoms with van der Waals surface area (Å²) in [6.45, 7) is 0. The van der Waals surface area contributed by atoms with Crippen LogP contribution < -0.4 is 4.90 Å². The first-order valence-electron chi connectivity index (χ1n) is 18.3. The molecule has 9 aromatic carbocycles. The zero-order chi connectivity index (χ0) is 35.6. The standard InChI is InChI=1S/C51H32N2O/c1-2-9-35-26-36(17-16-33(35)8-1)34-18-20-41(21-19-34)53(43-22-23-50-49(31-43)48-29-40-32-52-25-24-37(40)30-51(48)54-50)42-12-7-11-38(27-42)47-28-39-10-3-4-13-44(39)45-14-5-6-15-46(45)47/h1-32H. The van der Waals surface area contributed by atoms with Crippen LogP contribution in [0.25, 0.3) is 87.3 Å². The maximum atomic E-state index is 6.42. The summed E-state index contributed by atoms with van der Waals surface area (Å²) >= 11 is 0. The molecule has 54 heavy (non-hydrogen) atoms. The molecule has 0 radical (unpaired) electrons. The third-order valence-electron chi connectivity index (χ3n) is 10.9. The molecule has 0 unspecified atom stereocenters. The van der Waals surface area contributed by atoms with Crippen LogP contribution >= 0.6 is 0 Å². The maximum Gasteiger partial charge on any atom is 0.136 e. The molecule has 0 bridgehead atoms. The zero-order valence-electron chi connectivity index (χ0n) is 29.3. The van der Waals surface area contributed by atoms with E-state index in [1.807, 2.05) is 18.5 Å². The van der Waals surface area contributed by atoms with Gasteiger partial charge in [0.05, 0.1) is 0 Å². The van der Waals surface area contributed by atoms with E-state index in [0.717, 1.165) is 49.8 Å². The van der Waals surface area contributed by atoms with Crippen LogP contribution in [0.1, 0.15) is 0 Å². The lowest BCUT2D eigenvalue weighted by molar-refractivity contribution is 0.669. The fraction of sp³-hybridized carbons (Fsp3) is 0. The Morgan fingerprint density at radius 2 is 1.06 bits per heavy atom. The highest BCUT2D eigenvalue weighted by atomic mass is 16.3. The summed E-state index contributed by atoms with van der Waals surface area (Å²) in [4.78, 5) is 6.74. The van der Waals surface area contributed by atoms with Gasteiger partial charge in [-0.15, -0.1) is 0 Å². The van der Waals surface area contributed by atoms with E-state index in [4.69, 9.17) is 4.42 Å². The van der Waals surface area contributed by atoms with Crippen molar-refractivity contribution in [2.45, 2.75) is 0 Å². The van der Waals surface area contributed by atoms with Crippen LogP contribution in [-0.4, -0.2) is 4.98 Å². The van der Waals surface area contributed by atoms with Gasteiger partial charge in [0.2, 0.25) is 0 Å². The first-order valence-corrected chi connectivity index (χ1v) is 18.3. The van der Waals surface area contributed by atoms with Crippen LogP contribution in [0, 0.1) is 0 Å². The van der Waals surface area contributed by atoms with E-state index in [9.17, 15) is 0 Å². The first-order chi connectivity index (χ1) is 26.7. The molecule has 0 aliphatic carbocycles. The average Bonchev–Trinajstić information content (AvgIpc) is 3.59. The van der Waals surface area contributed by atoms with Gasteiger partial charge in [-0.3, -0.25) is 4.98 Å². The van der Waals surface area contributed by atoms with Crippen LogP contribution in [0.4, 0.5) is 17.1 Å². The molecule has 0 aliphatic heterocycles. The lowest BCUT2D eigenvalue weighted by Crippen LogP contribution is -2.10. The second-order valence-corrected chi connectivity index (χ2v) is 14.0. The van der Waals surface area contributed by atoms with Crippen LogP contribution in [0.2, 0.25) is 0 Å². The molecule has 3 nitrogen and oxygen atoms in total. The SMILES string of the molecule is c1cc(-c2cc3ccccc3c3ccccc23)cc(N(c2ccc(-c3ccc4ccccc4c3)cc2)c2ccc3oc4cc5ccncc5cc4c3c2)c1. The second-order valence-electron chi connectivity index (χ2n) is 14.0. The first kappa shape index (κ1) is 30.4. The molecule has 2 aromatic heterocycles. The maximum absolute atomic E-state index is 6.42. The zero-order valence-corrected chi connectivity index (χ0v) is 29.3. The molecule has 0 amide bonds. The molecular weight excluding hydrogens is 657 g/mol. The number of aromatic nitrogens is 1. The molecule has 3 heteroatoms. The van der Waals surface area contributed by atoms with Gasteiger partial charge < -0.3 is 9.32 Å². The van der Waals surface area contributed by atoms with Crippen LogP contribution in [0.15, 0.2) is 199 Å². The van der Waals surface area contributed by atoms with Gasteiger partial charge in [-0.05, 0) is 133 Å². The molecular formula is C51H32N2O. The van der Waals surface area contributed by atoms with Crippen LogP contribution in [-0.2, 0) is 0 Å². The quantitative estimate of drug-likeness (QED) is 0.169. The number of pyridine rings is 1. The summed E-state index contributed by atoms with van der Waals surface area (Å²) in [5.41, 5.74) is 9.69. The van der Waals surface area contributed by atoms with Gasteiger partial charge in [0.15, 0.2) is 0 Å². The molecule has 11 rings (SSSR count). The third-order valence-corrected chi connectivity index (χ3v) is 10.9. The highest BCUT2D eigenvalue weighted by molar-refractivity contribution is 6.14. The Kier molecular flexibility index (Phi) is 6.86. The summed E-state index contributed by atoms with van der Waals surface area (Å²) in [5.74, 6) is 0. The van der Waals surface area contributed by atoms with Gasteiger partial charge in [-0.2, -0.15) is 0 Å². The number of furan rings is 1. The number of nitrogens with zero attached hydrogens (tertiary/aromatic N) is 2. The Bertz CT molecular complexity index is 3230. The number of hydrogen-bond acceptors (Lipinski definition) is 3. The number of anilines is 3. The monoisotopic (exact) mass is 688 g/mol. The molecule has 0 fully saturated rings. The summed E-state index contributed by atoms with van der Waals surface area (Å²) in [6.07, 6.45) is 3.75. The van der Waals surface area contributed by atoms with Crippen molar-refractivity contribution in [2.75, 3.05) is 4.90 Å². The summed E-state index contributed by atoms with van der Waals surface area (Å²) in [6, 6.07) is 65.7. The predicted octanol–water partition coefficient (Wildman–Crippen LogP) is 14.4. The number of rotatable bonds is 5. The van der Waals surface area contributed by atoms with E-state index in [-0.39, 0.29) is 0 Å². The molecule has 0 aliphatic rings. The van der Waals surface area contributed by atoms with Crippen molar-refractivity contribution in [3.8, 4) is 22.3 Å². The average molecular weight is 689 g/mol. The number of benzene rings is 9. The lowest BCUT2D eigenvalue weighted by Gasteiger charge is -2.26. The molecule has 0 spiro atoms. The van der Waals surface area contributed by atoms with E-state index >= 15 is 0 Å². The van der Waals surface area contributed by atoms with Crippen molar-refractivity contribution in [1.82, 2.24) is 4.98 Å². The highest BCUT2D eigenvalue weighted by Crippen LogP contribution is 2.42. The third kappa shape index (κ3) is 5.02. The molecule has 0 saturated carbocycles. The normalized spacial score (nSPS) is 11.7. The number of hydrogen-bond donors (Lipinski definition) is 0. The number of fused-ring (bicyclic) bond motifs is 8. The molecule has 2 heterocycles. The Balaban J connectivity index is 1.09. The van der Waals surface area contributed by atoms with E-state index in [2.05, 4.69) is 186 Å². The topological polar surface area (TPSA) is 29.3 Å². The Labute approximate surface area is 312 Å². The fourth-order valence-electron chi connectivity index (χ4n) is 8.21. The van der Waals surface area contributed by atoms with Crippen molar-refractivity contribution in [3.63, 3.8) is 0 Å². The molecule has 252 valence electrons. The Morgan fingerprint density at radius 1 is 0.352 bits per heavy atom. The van der Waals surface area contributed by atoms with Crippen LogP contribution in [0.3, 0.4) is 0 Å². The minimum absolute atomic E-state index is 0.861. The van der Waals surface area contributed by atoms with Gasteiger partial charge in [0, 0.05) is 45.6 Å². The summed E-state index contributed by atoms with van der Waals surface area (Å²) < 4.78 is 6.42. The van der Waals surface area contributed by atoms with Crippen molar-refractivity contribution in [1.29, 1.82) is 0 Å². The summed E-state index contributed by atoms with van der Waals surface area (Å²) in [7, 11) is 0. The second kappa shape index (κ2) is 12.2. The van der Waals surface area contributed by atoms with Gasteiger partial charge in [0.1, 0.15) is 11.2 Å². The van der Waals surface area contributed by atoms with Crippen molar-refractivity contribution < 1.29 is 4.42 Å². The van der Waals surface area contributed by atoms with Gasteiger partial charge in [-0.1, -0.05) is 109 Å². The van der Waals surface area contributed by atoms with Crippen molar-refractivity contribution in [2.24, 2.45) is 0 Å².